The lowest BCUT2D eigenvalue weighted by Crippen LogP contribution is -1.96. The first-order valence-electron chi connectivity index (χ1n) is 6.07. The van der Waals surface area contributed by atoms with Crippen molar-refractivity contribution in [2.24, 2.45) is 0 Å². The van der Waals surface area contributed by atoms with E-state index in [0.717, 1.165) is 5.39 Å². The third-order valence-corrected chi connectivity index (χ3v) is 2.92. The molecule has 0 fully saturated rings. The minimum absolute atomic E-state index is 0.127. The van der Waals surface area contributed by atoms with Crippen LogP contribution in [0, 0.1) is 17.1 Å². The first-order chi connectivity index (χ1) is 9.78. The Morgan fingerprint density at radius 2 is 2.00 bits per heavy atom. The van der Waals surface area contributed by atoms with Gasteiger partial charge in [-0.05, 0) is 29.8 Å². The third-order valence-electron chi connectivity index (χ3n) is 2.92. The normalized spacial score (nSPS) is 10.4. The molecule has 2 aromatic carbocycles. The minimum Gasteiger partial charge on any atom is -0.483 e. The highest BCUT2D eigenvalue weighted by Crippen LogP contribution is 2.32. The van der Waals surface area contributed by atoms with E-state index in [2.05, 4.69) is 0 Å². The van der Waals surface area contributed by atoms with Gasteiger partial charge in [0.2, 0.25) is 5.76 Å². The second-order valence-electron chi connectivity index (χ2n) is 4.29. The fraction of sp³-hybridized carbons (Fsp3) is 0.0625. The van der Waals surface area contributed by atoms with E-state index in [1.807, 2.05) is 24.3 Å². The van der Waals surface area contributed by atoms with Gasteiger partial charge in [0.15, 0.2) is 5.75 Å². The maximum Gasteiger partial charge on any atom is 0.246 e. The van der Waals surface area contributed by atoms with E-state index in [1.54, 1.807) is 18.2 Å². The van der Waals surface area contributed by atoms with Crippen molar-refractivity contribution < 1.29 is 13.5 Å². The van der Waals surface area contributed by atoms with Gasteiger partial charge in [0.25, 0.3) is 0 Å². The number of hydrogen-bond donors (Lipinski definition) is 0. The van der Waals surface area contributed by atoms with Crippen LogP contribution in [0.3, 0.4) is 0 Å². The quantitative estimate of drug-likeness (QED) is 0.720. The molecule has 0 radical (unpaired) electrons. The summed E-state index contributed by atoms with van der Waals surface area (Å²) < 4.78 is 24.1. The summed E-state index contributed by atoms with van der Waals surface area (Å²) in [6.45, 7) is 0.177. The fourth-order valence-corrected chi connectivity index (χ4v) is 2.02. The molecule has 4 heteroatoms. The molecule has 0 saturated heterocycles. The summed E-state index contributed by atoms with van der Waals surface area (Å²) >= 11 is 0. The number of rotatable bonds is 3. The molecule has 0 saturated carbocycles. The molecular formula is C16H10FNO2. The molecule has 3 aromatic rings. The van der Waals surface area contributed by atoms with Crippen LogP contribution in [0.1, 0.15) is 11.3 Å². The molecule has 0 bridgehead atoms. The Labute approximate surface area is 114 Å². The zero-order valence-corrected chi connectivity index (χ0v) is 10.5. The molecule has 0 unspecified atom stereocenters. The summed E-state index contributed by atoms with van der Waals surface area (Å²) in [5.74, 6) is 0.207. The third kappa shape index (κ3) is 2.21. The molecule has 3 nitrogen and oxygen atoms in total. The first-order valence-corrected chi connectivity index (χ1v) is 6.07. The number of fused-ring (bicyclic) bond motifs is 1. The summed E-state index contributed by atoms with van der Waals surface area (Å²) in [5.41, 5.74) is 1.29. The van der Waals surface area contributed by atoms with Gasteiger partial charge in [-0.3, -0.25) is 0 Å². The van der Waals surface area contributed by atoms with E-state index in [1.165, 1.54) is 12.1 Å². The average molecular weight is 267 g/mol. The van der Waals surface area contributed by atoms with Gasteiger partial charge in [0.1, 0.15) is 24.1 Å². The van der Waals surface area contributed by atoms with E-state index >= 15 is 0 Å². The molecular weight excluding hydrogens is 257 g/mol. The number of hydrogen-bond acceptors (Lipinski definition) is 3. The number of halogens is 1. The van der Waals surface area contributed by atoms with Gasteiger partial charge < -0.3 is 9.15 Å². The van der Waals surface area contributed by atoms with Crippen LogP contribution in [0.2, 0.25) is 0 Å². The van der Waals surface area contributed by atoms with Gasteiger partial charge in [-0.25, -0.2) is 4.39 Å². The molecule has 0 aliphatic carbocycles. The van der Waals surface area contributed by atoms with Crippen molar-refractivity contribution in [3.8, 4) is 11.8 Å². The predicted octanol–water partition coefficient (Wildman–Crippen LogP) is 4.02. The van der Waals surface area contributed by atoms with Gasteiger partial charge in [-0.2, -0.15) is 5.26 Å². The average Bonchev–Trinajstić information content (AvgIpc) is 2.83. The number of benzene rings is 2. The number of furan rings is 1. The number of ether oxygens (including phenoxy) is 1. The molecule has 1 aromatic heterocycles. The first kappa shape index (κ1) is 12.2. The summed E-state index contributed by atoms with van der Waals surface area (Å²) in [5, 5.41) is 9.81. The molecule has 0 N–H and O–H groups in total. The number of para-hydroxylation sites is 1. The van der Waals surface area contributed by atoms with E-state index in [-0.39, 0.29) is 18.2 Å². The second-order valence-corrected chi connectivity index (χ2v) is 4.29. The van der Waals surface area contributed by atoms with Crippen LogP contribution >= 0.6 is 0 Å². The SMILES string of the molecule is N#Cc1oc2ccccc2c1OCc1cccc(F)c1. The lowest BCUT2D eigenvalue weighted by Gasteiger charge is -2.04. The molecule has 3 rings (SSSR count). The van der Waals surface area contributed by atoms with Crippen LogP contribution in [0.25, 0.3) is 11.0 Å². The van der Waals surface area contributed by atoms with Crippen LogP contribution in [0.4, 0.5) is 4.39 Å². The van der Waals surface area contributed by atoms with Crippen molar-refractivity contribution in [1.82, 2.24) is 0 Å². The van der Waals surface area contributed by atoms with Crippen LogP contribution in [-0.2, 0) is 6.61 Å². The Morgan fingerprint density at radius 1 is 1.15 bits per heavy atom. The van der Waals surface area contributed by atoms with Crippen LogP contribution < -0.4 is 4.74 Å². The maximum absolute atomic E-state index is 13.1. The molecule has 0 amide bonds. The summed E-state index contributed by atoms with van der Waals surface area (Å²) in [7, 11) is 0. The molecule has 1 heterocycles. The summed E-state index contributed by atoms with van der Waals surface area (Å²) in [6.07, 6.45) is 0. The molecule has 20 heavy (non-hydrogen) atoms. The van der Waals surface area contributed by atoms with Crippen molar-refractivity contribution >= 4 is 11.0 Å². The van der Waals surface area contributed by atoms with Crippen molar-refractivity contribution in [3.05, 3.63) is 65.7 Å². The fourth-order valence-electron chi connectivity index (χ4n) is 2.02. The molecule has 0 atom stereocenters. The monoisotopic (exact) mass is 267 g/mol. The minimum atomic E-state index is -0.316. The number of nitriles is 1. The Balaban J connectivity index is 1.93. The van der Waals surface area contributed by atoms with Gasteiger partial charge in [-0.15, -0.1) is 0 Å². The van der Waals surface area contributed by atoms with E-state index in [0.29, 0.717) is 16.9 Å². The maximum atomic E-state index is 13.1. The van der Waals surface area contributed by atoms with Crippen molar-refractivity contribution in [1.29, 1.82) is 5.26 Å². The van der Waals surface area contributed by atoms with Crippen molar-refractivity contribution in [2.75, 3.05) is 0 Å². The standard InChI is InChI=1S/C16H10FNO2/c17-12-5-3-4-11(8-12)10-19-16-13-6-1-2-7-14(13)20-15(16)9-18/h1-8H,10H2. The van der Waals surface area contributed by atoms with Crippen molar-refractivity contribution in [2.45, 2.75) is 6.61 Å². The largest absolute Gasteiger partial charge is 0.483 e. The molecule has 0 aliphatic heterocycles. The zero-order valence-electron chi connectivity index (χ0n) is 10.5. The predicted molar refractivity (Wildman–Crippen MR) is 71.7 cm³/mol. The highest BCUT2D eigenvalue weighted by molar-refractivity contribution is 5.86. The second kappa shape index (κ2) is 5.06. The number of nitrogens with zero attached hydrogens (tertiary/aromatic N) is 1. The van der Waals surface area contributed by atoms with Crippen LogP contribution in [0.15, 0.2) is 52.9 Å². The summed E-state index contributed by atoms with van der Waals surface area (Å²) in [4.78, 5) is 0. The lowest BCUT2D eigenvalue weighted by atomic mass is 10.2. The topological polar surface area (TPSA) is 46.2 Å². The lowest BCUT2D eigenvalue weighted by molar-refractivity contribution is 0.303. The van der Waals surface area contributed by atoms with Gasteiger partial charge >= 0.3 is 0 Å². The highest BCUT2D eigenvalue weighted by atomic mass is 19.1. The van der Waals surface area contributed by atoms with Crippen molar-refractivity contribution in [3.63, 3.8) is 0 Å². The smallest absolute Gasteiger partial charge is 0.246 e. The molecule has 98 valence electrons. The Bertz CT molecular complexity index is 802. The van der Waals surface area contributed by atoms with Gasteiger partial charge in [0.05, 0.1) is 5.39 Å². The van der Waals surface area contributed by atoms with E-state index in [4.69, 9.17) is 14.4 Å². The Hall–Kier alpha value is -2.80. The molecule has 0 spiro atoms. The molecule has 0 aliphatic rings. The van der Waals surface area contributed by atoms with E-state index in [9.17, 15) is 4.39 Å². The Kier molecular flexibility index (Phi) is 3.10. The summed E-state index contributed by atoms with van der Waals surface area (Å²) in [6, 6.07) is 15.4. The van der Waals surface area contributed by atoms with E-state index < -0.39 is 0 Å². The zero-order chi connectivity index (χ0) is 13.9. The van der Waals surface area contributed by atoms with Gasteiger partial charge in [-0.1, -0.05) is 24.3 Å². The van der Waals surface area contributed by atoms with Crippen LogP contribution in [0.5, 0.6) is 5.75 Å². The van der Waals surface area contributed by atoms with Gasteiger partial charge in [0, 0.05) is 0 Å². The Morgan fingerprint density at radius 3 is 2.80 bits per heavy atom. The van der Waals surface area contributed by atoms with Crippen LogP contribution in [-0.4, -0.2) is 0 Å². The highest BCUT2D eigenvalue weighted by Gasteiger charge is 2.15.